The highest BCUT2D eigenvalue weighted by Gasteiger charge is 2.30. The molecule has 0 unspecified atom stereocenters. The van der Waals surface area contributed by atoms with Gasteiger partial charge in [0.25, 0.3) is 5.91 Å². The maximum absolute atomic E-state index is 13.1. The minimum Gasteiger partial charge on any atom is -0.383 e. The van der Waals surface area contributed by atoms with E-state index < -0.39 is 0 Å². The van der Waals surface area contributed by atoms with Gasteiger partial charge in [-0.2, -0.15) is 5.10 Å². The van der Waals surface area contributed by atoms with E-state index in [0.29, 0.717) is 57.1 Å². The maximum Gasteiger partial charge on any atom is 0.272 e. The molecule has 3 aromatic rings. The molecular formula is C25H34N6O3. The Kier molecular flexibility index (Phi) is 7.62. The van der Waals surface area contributed by atoms with Gasteiger partial charge < -0.3 is 19.9 Å². The quantitative estimate of drug-likeness (QED) is 0.447. The van der Waals surface area contributed by atoms with Gasteiger partial charge in [0, 0.05) is 63.8 Å². The Balaban J connectivity index is 1.46. The van der Waals surface area contributed by atoms with Crippen molar-refractivity contribution in [3.05, 3.63) is 47.0 Å². The Morgan fingerprint density at radius 1 is 1.26 bits per heavy atom. The molecule has 182 valence electrons. The lowest BCUT2D eigenvalue weighted by Crippen LogP contribution is -2.37. The second-order valence-electron chi connectivity index (χ2n) is 9.19. The normalized spacial score (nSPS) is 13.5. The van der Waals surface area contributed by atoms with Crippen molar-refractivity contribution in [2.24, 2.45) is 5.92 Å². The van der Waals surface area contributed by atoms with Gasteiger partial charge in [0.2, 0.25) is 5.91 Å². The van der Waals surface area contributed by atoms with Crippen molar-refractivity contribution >= 4 is 22.8 Å². The van der Waals surface area contributed by atoms with Gasteiger partial charge in [0.15, 0.2) is 5.69 Å². The average molecular weight is 467 g/mol. The molecule has 0 spiro atoms. The second kappa shape index (κ2) is 10.8. The van der Waals surface area contributed by atoms with E-state index >= 15 is 0 Å². The number of aromatic nitrogens is 4. The number of imidazole rings is 1. The van der Waals surface area contributed by atoms with Crippen molar-refractivity contribution in [2.45, 2.75) is 52.6 Å². The van der Waals surface area contributed by atoms with Gasteiger partial charge in [-0.25, -0.2) is 4.98 Å². The summed E-state index contributed by atoms with van der Waals surface area (Å²) in [6, 6.07) is 7.86. The minimum absolute atomic E-state index is 0.0618. The molecule has 2 amide bonds. The zero-order chi connectivity index (χ0) is 24.1. The van der Waals surface area contributed by atoms with Crippen molar-refractivity contribution in [1.29, 1.82) is 0 Å². The summed E-state index contributed by atoms with van der Waals surface area (Å²) in [6.07, 6.45) is 2.60. The molecule has 2 N–H and O–H groups in total. The van der Waals surface area contributed by atoms with Gasteiger partial charge in [-0.15, -0.1) is 0 Å². The van der Waals surface area contributed by atoms with Crippen molar-refractivity contribution in [3.8, 4) is 0 Å². The van der Waals surface area contributed by atoms with Crippen LogP contribution in [0.4, 0.5) is 0 Å². The zero-order valence-electron chi connectivity index (χ0n) is 20.3. The highest BCUT2D eigenvalue weighted by molar-refractivity contribution is 5.94. The van der Waals surface area contributed by atoms with Crippen LogP contribution in [0.15, 0.2) is 24.3 Å². The van der Waals surface area contributed by atoms with Crippen LogP contribution in [-0.4, -0.2) is 63.3 Å². The van der Waals surface area contributed by atoms with E-state index in [4.69, 9.17) is 4.74 Å². The largest absolute Gasteiger partial charge is 0.383 e. The number of hydrogen-bond donors (Lipinski definition) is 2. The van der Waals surface area contributed by atoms with Crippen LogP contribution in [0.2, 0.25) is 0 Å². The van der Waals surface area contributed by atoms with Gasteiger partial charge in [-0.3, -0.25) is 14.3 Å². The van der Waals surface area contributed by atoms with Gasteiger partial charge in [0.1, 0.15) is 5.82 Å². The number of fused-ring (bicyclic) bond motifs is 2. The molecular weight excluding hydrogens is 432 g/mol. The van der Waals surface area contributed by atoms with E-state index in [2.05, 4.69) is 34.2 Å². The molecule has 1 aliphatic rings. The Hall–Kier alpha value is -3.20. The fourth-order valence-corrected chi connectivity index (χ4v) is 4.31. The molecule has 9 heteroatoms. The number of carbonyl (C=O) groups excluding carboxylic acids is 2. The maximum atomic E-state index is 13.1. The molecule has 2 aromatic heterocycles. The molecule has 0 radical (unpaired) electrons. The van der Waals surface area contributed by atoms with Crippen molar-refractivity contribution in [1.82, 2.24) is 30.0 Å². The van der Waals surface area contributed by atoms with E-state index in [-0.39, 0.29) is 11.8 Å². The summed E-state index contributed by atoms with van der Waals surface area (Å²) >= 11 is 0. The summed E-state index contributed by atoms with van der Waals surface area (Å²) in [5.74, 6) is 1.20. The number of benzene rings is 1. The Labute approximate surface area is 199 Å². The standard InChI is InChI=1S/C25H34N6O3/c1-17(2)10-14-31-21-11-13-30(16-18(21)24(29-31)25(33)26-12-15-34-3)23(32)9-8-22-27-19-6-4-5-7-20(19)28-22/h4-7,17H,8-16H2,1-3H3,(H,26,33)(H,27,28). The third kappa shape index (κ3) is 5.47. The highest BCUT2D eigenvalue weighted by atomic mass is 16.5. The Morgan fingerprint density at radius 3 is 2.85 bits per heavy atom. The fraction of sp³-hybridized carbons (Fsp3) is 0.520. The SMILES string of the molecule is COCCNC(=O)c1nn(CCC(C)C)c2c1CN(C(=O)CCc1nc3ccccc3[nH]1)CC2. The predicted molar refractivity (Wildman–Crippen MR) is 129 cm³/mol. The van der Waals surface area contributed by atoms with Crippen LogP contribution in [0.25, 0.3) is 11.0 Å². The van der Waals surface area contributed by atoms with Gasteiger partial charge >= 0.3 is 0 Å². The molecule has 0 saturated carbocycles. The fourth-order valence-electron chi connectivity index (χ4n) is 4.31. The molecule has 0 saturated heterocycles. The molecule has 9 nitrogen and oxygen atoms in total. The molecule has 34 heavy (non-hydrogen) atoms. The number of aryl methyl sites for hydroxylation is 2. The van der Waals surface area contributed by atoms with Crippen LogP contribution in [0.5, 0.6) is 0 Å². The predicted octanol–water partition coefficient (Wildman–Crippen LogP) is 2.70. The number of carbonyl (C=O) groups is 2. The summed E-state index contributed by atoms with van der Waals surface area (Å²) in [5, 5.41) is 7.54. The third-order valence-electron chi connectivity index (χ3n) is 6.23. The van der Waals surface area contributed by atoms with Crippen LogP contribution in [0.1, 0.15) is 54.3 Å². The number of nitrogens with one attached hydrogen (secondary N) is 2. The average Bonchev–Trinajstić information content (AvgIpc) is 3.42. The van der Waals surface area contributed by atoms with E-state index in [1.807, 2.05) is 33.8 Å². The number of H-pyrrole nitrogens is 1. The first kappa shape index (κ1) is 23.9. The molecule has 0 atom stereocenters. The number of para-hydroxylation sites is 2. The number of rotatable bonds is 10. The van der Waals surface area contributed by atoms with E-state index in [0.717, 1.165) is 41.1 Å². The van der Waals surface area contributed by atoms with Gasteiger partial charge in [-0.05, 0) is 24.5 Å². The Morgan fingerprint density at radius 2 is 2.09 bits per heavy atom. The first-order chi connectivity index (χ1) is 16.5. The smallest absolute Gasteiger partial charge is 0.272 e. The molecule has 3 heterocycles. The number of hydrogen-bond acceptors (Lipinski definition) is 5. The first-order valence-corrected chi connectivity index (χ1v) is 12.0. The third-order valence-corrected chi connectivity index (χ3v) is 6.23. The number of nitrogens with zero attached hydrogens (tertiary/aromatic N) is 4. The van der Waals surface area contributed by atoms with Crippen molar-refractivity contribution in [3.63, 3.8) is 0 Å². The van der Waals surface area contributed by atoms with Crippen molar-refractivity contribution in [2.75, 3.05) is 26.8 Å². The molecule has 1 aromatic carbocycles. The zero-order valence-corrected chi connectivity index (χ0v) is 20.3. The Bertz CT molecular complexity index is 1120. The van der Waals surface area contributed by atoms with E-state index in [1.54, 1.807) is 7.11 Å². The lowest BCUT2D eigenvalue weighted by atomic mass is 10.0. The molecule has 0 aliphatic carbocycles. The van der Waals surface area contributed by atoms with Crippen LogP contribution in [-0.2, 0) is 35.5 Å². The second-order valence-corrected chi connectivity index (χ2v) is 9.19. The topological polar surface area (TPSA) is 105 Å². The lowest BCUT2D eigenvalue weighted by Gasteiger charge is -2.28. The van der Waals surface area contributed by atoms with Crippen LogP contribution in [0, 0.1) is 5.92 Å². The van der Waals surface area contributed by atoms with Crippen LogP contribution in [0.3, 0.4) is 0 Å². The number of ether oxygens (including phenoxy) is 1. The van der Waals surface area contributed by atoms with E-state index in [9.17, 15) is 9.59 Å². The number of methoxy groups -OCH3 is 1. The summed E-state index contributed by atoms with van der Waals surface area (Å²) in [4.78, 5) is 35.6. The van der Waals surface area contributed by atoms with Gasteiger partial charge in [-0.1, -0.05) is 26.0 Å². The monoisotopic (exact) mass is 466 g/mol. The lowest BCUT2D eigenvalue weighted by molar-refractivity contribution is -0.132. The van der Waals surface area contributed by atoms with Crippen LogP contribution >= 0.6 is 0 Å². The first-order valence-electron chi connectivity index (χ1n) is 12.0. The molecule has 1 aliphatic heterocycles. The molecule has 0 fully saturated rings. The summed E-state index contributed by atoms with van der Waals surface area (Å²) < 4.78 is 7.01. The van der Waals surface area contributed by atoms with E-state index in [1.165, 1.54) is 0 Å². The highest BCUT2D eigenvalue weighted by Crippen LogP contribution is 2.24. The summed E-state index contributed by atoms with van der Waals surface area (Å²) in [7, 11) is 1.60. The molecule has 0 bridgehead atoms. The number of amides is 2. The van der Waals surface area contributed by atoms with Crippen LogP contribution < -0.4 is 5.32 Å². The number of aromatic amines is 1. The van der Waals surface area contributed by atoms with Gasteiger partial charge in [0.05, 0.1) is 17.6 Å². The summed E-state index contributed by atoms with van der Waals surface area (Å²) in [5.41, 5.74) is 4.24. The summed E-state index contributed by atoms with van der Waals surface area (Å²) in [6.45, 7) is 7.02. The van der Waals surface area contributed by atoms with Crippen molar-refractivity contribution < 1.29 is 14.3 Å². The molecule has 4 rings (SSSR count). The minimum atomic E-state index is -0.215.